The Kier molecular flexibility index (Phi) is 2.18. The third-order valence-corrected chi connectivity index (χ3v) is 1.81. The van der Waals surface area contributed by atoms with E-state index in [1.807, 2.05) is 0 Å². The Morgan fingerprint density at radius 2 is 2.08 bits per heavy atom. The topological polar surface area (TPSA) is 81.5 Å². The highest BCUT2D eigenvalue weighted by molar-refractivity contribution is 6.24. The van der Waals surface area contributed by atoms with Crippen LogP contribution in [0.1, 0.15) is 13.8 Å². The van der Waals surface area contributed by atoms with Gasteiger partial charge in [0, 0.05) is 12.6 Å². The van der Waals surface area contributed by atoms with Crippen LogP contribution in [-0.2, 0) is 9.59 Å². The van der Waals surface area contributed by atoms with E-state index in [9.17, 15) is 14.7 Å². The molecule has 0 fully saturated rings. The highest BCUT2D eigenvalue weighted by atomic mass is 16.3. The summed E-state index contributed by atoms with van der Waals surface area (Å²) in [5, 5.41) is 16.5. The van der Waals surface area contributed by atoms with E-state index in [1.165, 1.54) is 13.8 Å². The summed E-state index contributed by atoms with van der Waals surface area (Å²) < 4.78 is 0. The minimum absolute atomic E-state index is 0.0220. The van der Waals surface area contributed by atoms with Gasteiger partial charge in [0.1, 0.15) is 5.76 Å². The number of hydrogen-bond acceptors (Lipinski definition) is 4. The average Bonchev–Trinajstić information content (AvgIpc) is 2.26. The Morgan fingerprint density at radius 1 is 1.54 bits per heavy atom. The summed E-state index contributed by atoms with van der Waals surface area (Å²) in [6.07, 6.45) is 0. The molecule has 0 saturated heterocycles. The first-order chi connectivity index (χ1) is 5.95. The number of carbonyl (C=O) groups is 2. The molecule has 0 spiro atoms. The van der Waals surface area contributed by atoms with Crippen molar-refractivity contribution in [2.45, 2.75) is 13.8 Å². The van der Waals surface area contributed by atoms with Gasteiger partial charge >= 0.3 is 0 Å². The fraction of sp³-hybridized carbons (Fsp3) is 0.375. The summed E-state index contributed by atoms with van der Waals surface area (Å²) in [6, 6.07) is 0. The highest BCUT2D eigenvalue weighted by Crippen LogP contribution is 2.17. The Morgan fingerprint density at radius 3 is 2.31 bits per heavy atom. The number of carbonyl (C=O) groups excluding carboxylic acids is 2. The summed E-state index contributed by atoms with van der Waals surface area (Å²) in [6.45, 7) is 2.53. The molecule has 0 unspecified atom stereocenters. The molecular formula is C8H10N2O3. The predicted octanol–water partition coefficient (Wildman–Crippen LogP) is 0.227. The van der Waals surface area contributed by atoms with Gasteiger partial charge in [0.2, 0.25) is 5.91 Å². The fourth-order valence-corrected chi connectivity index (χ4v) is 1.19. The van der Waals surface area contributed by atoms with Gasteiger partial charge in [-0.15, -0.1) is 0 Å². The lowest BCUT2D eigenvalue weighted by Gasteiger charge is -2.09. The van der Waals surface area contributed by atoms with Crippen LogP contribution < -0.4 is 0 Å². The first-order valence-electron chi connectivity index (χ1n) is 3.75. The molecule has 70 valence electrons. The standard InChI is InChI=1S/C8H10N2O3/c1-4(9)7-6(12)3-10(5(2)11)8(7)13/h9,12H,3H2,1-2H3. The van der Waals surface area contributed by atoms with E-state index < -0.39 is 11.8 Å². The number of hydrogen-bond donors (Lipinski definition) is 2. The van der Waals surface area contributed by atoms with Crippen molar-refractivity contribution < 1.29 is 14.7 Å². The van der Waals surface area contributed by atoms with Crippen LogP contribution in [0.5, 0.6) is 0 Å². The molecule has 0 radical (unpaired) electrons. The highest BCUT2D eigenvalue weighted by Gasteiger charge is 2.33. The van der Waals surface area contributed by atoms with Crippen LogP contribution in [0, 0.1) is 5.41 Å². The zero-order chi connectivity index (χ0) is 10.2. The van der Waals surface area contributed by atoms with E-state index in [0.717, 1.165) is 4.90 Å². The van der Waals surface area contributed by atoms with Gasteiger partial charge in [-0.3, -0.25) is 14.5 Å². The van der Waals surface area contributed by atoms with Gasteiger partial charge in [-0.25, -0.2) is 0 Å². The molecule has 0 atom stereocenters. The summed E-state index contributed by atoms with van der Waals surface area (Å²) in [5.74, 6) is -1.21. The number of rotatable bonds is 1. The third-order valence-electron chi connectivity index (χ3n) is 1.81. The molecule has 1 rings (SSSR count). The Hall–Kier alpha value is -1.65. The molecule has 5 heteroatoms. The minimum Gasteiger partial charge on any atom is -0.509 e. The van der Waals surface area contributed by atoms with Gasteiger partial charge in [-0.1, -0.05) is 0 Å². The van der Waals surface area contributed by atoms with Gasteiger partial charge < -0.3 is 10.5 Å². The molecular weight excluding hydrogens is 172 g/mol. The van der Waals surface area contributed by atoms with Crippen molar-refractivity contribution in [3.05, 3.63) is 11.3 Å². The number of amides is 2. The second-order valence-electron chi connectivity index (χ2n) is 2.86. The van der Waals surface area contributed by atoms with Crippen LogP contribution in [-0.4, -0.2) is 34.1 Å². The van der Waals surface area contributed by atoms with Gasteiger partial charge in [-0.05, 0) is 6.92 Å². The Bertz CT molecular complexity index is 330. The van der Waals surface area contributed by atoms with Crippen LogP contribution >= 0.6 is 0 Å². The molecule has 0 aromatic carbocycles. The molecule has 1 aliphatic heterocycles. The molecule has 0 aliphatic carbocycles. The maximum absolute atomic E-state index is 11.3. The van der Waals surface area contributed by atoms with E-state index in [4.69, 9.17) is 5.41 Å². The molecule has 13 heavy (non-hydrogen) atoms. The van der Waals surface area contributed by atoms with Crippen LogP contribution in [0.15, 0.2) is 11.3 Å². The quantitative estimate of drug-likeness (QED) is 0.569. The van der Waals surface area contributed by atoms with Crippen molar-refractivity contribution >= 4 is 17.5 Å². The second-order valence-corrected chi connectivity index (χ2v) is 2.86. The number of nitrogens with zero attached hydrogens (tertiary/aromatic N) is 1. The summed E-state index contributed by atoms with van der Waals surface area (Å²) >= 11 is 0. The number of aliphatic hydroxyl groups excluding tert-OH is 1. The Balaban J connectivity index is 3.01. The van der Waals surface area contributed by atoms with Crippen molar-refractivity contribution in [2.75, 3.05) is 6.54 Å². The summed E-state index contributed by atoms with van der Waals surface area (Å²) in [7, 11) is 0. The molecule has 0 aromatic heterocycles. The zero-order valence-electron chi connectivity index (χ0n) is 7.42. The molecule has 5 nitrogen and oxygen atoms in total. The van der Waals surface area contributed by atoms with Gasteiger partial charge in [0.15, 0.2) is 0 Å². The lowest BCUT2D eigenvalue weighted by atomic mass is 10.1. The second kappa shape index (κ2) is 3.01. The van der Waals surface area contributed by atoms with E-state index in [-0.39, 0.29) is 23.6 Å². The minimum atomic E-state index is -0.586. The van der Waals surface area contributed by atoms with Crippen molar-refractivity contribution in [3.63, 3.8) is 0 Å². The van der Waals surface area contributed by atoms with Crippen molar-refractivity contribution in [1.29, 1.82) is 5.41 Å². The maximum atomic E-state index is 11.3. The molecule has 2 amide bonds. The average molecular weight is 182 g/mol. The monoisotopic (exact) mass is 182 g/mol. The third kappa shape index (κ3) is 1.44. The smallest absolute Gasteiger partial charge is 0.266 e. The molecule has 1 aliphatic rings. The lowest BCUT2D eigenvalue weighted by Crippen LogP contribution is -2.32. The van der Waals surface area contributed by atoms with Crippen molar-refractivity contribution in [2.24, 2.45) is 0 Å². The van der Waals surface area contributed by atoms with Gasteiger partial charge in [-0.2, -0.15) is 0 Å². The Labute approximate surface area is 75.2 Å². The first kappa shape index (κ1) is 9.44. The molecule has 2 N–H and O–H groups in total. The van der Waals surface area contributed by atoms with Gasteiger partial charge in [0.25, 0.3) is 5.91 Å². The van der Waals surface area contributed by atoms with E-state index >= 15 is 0 Å². The summed E-state index contributed by atoms with van der Waals surface area (Å²) in [5.41, 5.74) is -0.0820. The zero-order valence-corrected chi connectivity index (χ0v) is 7.42. The summed E-state index contributed by atoms with van der Waals surface area (Å²) in [4.78, 5) is 23.1. The van der Waals surface area contributed by atoms with E-state index in [2.05, 4.69) is 0 Å². The molecule has 0 saturated carbocycles. The lowest BCUT2D eigenvalue weighted by molar-refractivity contribution is -0.139. The predicted molar refractivity (Wildman–Crippen MR) is 45.4 cm³/mol. The molecule has 0 aromatic rings. The van der Waals surface area contributed by atoms with Crippen LogP contribution in [0.2, 0.25) is 0 Å². The largest absolute Gasteiger partial charge is 0.509 e. The van der Waals surface area contributed by atoms with Crippen LogP contribution in [0.25, 0.3) is 0 Å². The maximum Gasteiger partial charge on any atom is 0.266 e. The first-order valence-corrected chi connectivity index (χ1v) is 3.75. The number of aliphatic hydroxyl groups is 1. The number of nitrogens with one attached hydrogen (secondary N) is 1. The van der Waals surface area contributed by atoms with E-state index in [1.54, 1.807) is 0 Å². The SMILES string of the molecule is CC(=N)C1=C(O)CN(C(C)=O)C1=O. The van der Waals surface area contributed by atoms with Crippen molar-refractivity contribution in [3.8, 4) is 0 Å². The van der Waals surface area contributed by atoms with Crippen LogP contribution in [0.3, 0.4) is 0 Å². The van der Waals surface area contributed by atoms with Gasteiger partial charge in [0.05, 0.1) is 12.1 Å². The fourth-order valence-electron chi connectivity index (χ4n) is 1.19. The molecule has 1 heterocycles. The number of imide groups is 1. The molecule has 0 bridgehead atoms. The normalized spacial score (nSPS) is 16.8. The van der Waals surface area contributed by atoms with Crippen LogP contribution in [0.4, 0.5) is 0 Å². The van der Waals surface area contributed by atoms with Crippen molar-refractivity contribution in [1.82, 2.24) is 4.90 Å². The van der Waals surface area contributed by atoms with E-state index in [0.29, 0.717) is 0 Å².